The molecule has 0 N–H and O–H groups in total. The molecule has 0 saturated carbocycles. The molecule has 0 spiro atoms. The smallest absolute Gasteiger partial charge is 0.192 e. The fourth-order valence-electron chi connectivity index (χ4n) is 3.57. The summed E-state index contributed by atoms with van der Waals surface area (Å²) in [6.45, 7) is 6.49. The Morgan fingerprint density at radius 3 is 2.11 bits per heavy atom. The summed E-state index contributed by atoms with van der Waals surface area (Å²) in [7, 11) is -0.177. The van der Waals surface area contributed by atoms with Crippen molar-refractivity contribution in [1.82, 2.24) is 9.78 Å². The number of hydrogen-bond acceptors (Lipinski definition) is 2. The molecular formula is C20H28Cl2F2N2OSi. The van der Waals surface area contributed by atoms with Crippen molar-refractivity contribution in [2.24, 2.45) is 7.05 Å². The van der Waals surface area contributed by atoms with Gasteiger partial charge in [0.15, 0.2) is 13.5 Å². The summed E-state index contributed by atoms with van der Waals surface area (Å²) >= 11 is 12.8. The molecule has 1 aromatic carbocycles. The molecule has 2 rings (SSSR count). The van der Waals surface area contributed by atoms with Gasteiger partial charge in [-0.15, -0.1) is 0 Å². The standard InChI is InChI=1S/C20H28Cl2F2N2OSi/c1-5-28(6-2,7-3)27-17(18-19(21)25-26(4)20(18)22)10-8-9-14-11-15(23)13-16(24)12-14/h11-13,17H,5-10H2,1-4H3. The van der Waals surface area contributed by atoms with Crippen molar-refractivity contribution < 1.29 is 13.2 Å². The van der Waals surface area contributed by atoms with Gasteiger partial charge in [0.25, 0.3) is 0 Å². The monoisotopic (exact) mass is 448 g/mol. The number of nitrogens with zero attached hydrogens (tertiary/aromatic N) is 2. The topological polar surface area (TPSA) is 27.1 Å². The van der Waals surface area contributed by atoms with E-state index in [9.17, 15) is 8.78 Å². The molecule has 0 aliphatic carbocycles. The van der Waals surface area contributed by atoms with E-state index >= 15 is 0 Å². The Morgan fingerprint density at radius 1 is 1.07 bits per heavy atom. The fourth-order valence-corrected chi connectivity index (χ4v) is 7.03. The van der Waals surface area contributed by atoms with E-state index in [4.69, 9.17) is 27.6 Å². The second-order valence-electron chi connectivity index (χ2n) is 7.14. The SMILES string of the molecule is CC[Si](CC)(CC)OC(CCCc1cc(F)cc(F)c1)c1c(Cl)nn(C)c1Cl. The van der Waals surface area contributed by atoms with Crippen LogP contribution in [-0.4, -0.2) is 18.1 Å². The lowest BCUT2D eigenvalue weighted by atomic mass is 10.0. The Morgan fingerprint density at radius 2 is 1.64 bits per heavy atom. The van der Waals surface area contributed by atoms with Gasteiger partial charge in [-0.2, -0.15) is 5.10 Å². The van der Waals surface area contributed by atoms with Crippen LogP contribution in [0.3, 0.4) is 0 Å². The van der Waals surface area contributed by atoms with Gasteiger partial charge in [0.1, 0.15) is 16.8 Å². The molecule has 156 valence electrons. The lowest BCUT2D eigenvalue weighted by Gasteiger charge is -2.33. The molecule has 2 aromatic rings. The van der Waals surface area contributed by atoms with Crippen LogP contribution in [0.15, 0.2) is 18.2 Å². The van der Waals surface area contributed by atoms with E-state index in [1.54, 1.807) is 11.7 Å². The second kappa shape index (κ2) is 10.2. The maximum Gasteiger partial charge on any atom is 0.192 e. The minimum atomic E-state index is -1.92. The van der Waals surface area contributed by atoms with E-state index in [1.165, 1.54) is 12.1 Å². The third kappa shape index (κ3) is 5.56. The predicted octanol–water partition coefficient (Wildman–Crippen LogP) is 7.09. The summed E-state index contributed by atoms with van der Waals surface area (Å²) in [5.74, 6) is -1.12. The lowest BCUT2D eigenvalue weighted by molar-refractivity contribution is 0.176. The number of benzene rings is 1. The lowest BCUT2D eigenvalue weighted by Crippen LogP contribution is -2.37. The predicted molar refractivity (Wildman–Crippen MR) is 114 cm³/mol. The Hall–Kier alpha value is -0.953. The Balaban J connectivity index is 2.23. The van der Waals surface area contributed by atoms with E-state index < -0.39 is 20.0 Å². The van der Waals surface area contributed by atoms with Gasteiger partial charge in [-0.05, 0) is 55.1 Å². The van der Waals surface area contributed by atoms with Crippen LogP contribution in [0, 0.1) is 11.6 Å². The average Bonchev–Trinajstić information content (AvgIpc) is 2.90. The van der Waals surface area contributed by atoms with Gasteiger partial charge >= 0.3 is 0 Å². The zero-order chi connectivity index (χ0) is 20.9. The number of aromatic nitrogens is 2. The Labute approximate surface area is 177 Å². The van der Waals surface area contributed by atoms with Crippen LogP contribution in [-0.2, 0) is 17.9 Å². The number of hydrogen-bond donors (Lipinski definition) is 0. The summed E-state index contributed by atoms with van der Waals surface area (Å²) in [5, 5.41) is 5.03. The zero-order valence-corrected chi connectivity index (χ0v) is 19.4. The van der Waals surface area contributed by atoms with Crippen LogP contribution >= 0.6 is 23.2 Å². The highest BCUT2D eigenvalue weighted by atomic mass is 35.5. The highest BCUT2D eigenvalue weighted by molar-refractivity contribution is 6.73. The molecule has 0 saturated heterocycles. The van der Waals surface area contributed by atoms with Crippen molar-refractivity contribution in [2.75, 3.05) is 0 Å². The molecule has 0 aliphatic rings. The molecule has 1 aromatic heterocycles. The molecule has 1 unspecified atom stereocenters. The molecular weight excluding hydrogens is 421 g/mol. The average molecular weight is 449 g/mol. The van der Waals surface area contributed by atoms with E-state index in [1.807, 2.05) is 0 Å². The third-order valence-corrected chi connectivity index (χ3v) is 10.8. The van der Waals surface area contributed by atoms with Gasteiger partial charge in [0, 0.05) is 13.1 Å². The van der Waals surface area contributed by atoms with Gasteiger partial charge in [-0.25, -0.2) is 8.78 Å². The van der Waals surface area contributed by atoms with Crippen LogP contribution in [0.4, 0.5) is 8.78 Å². The van der Waals surface area contributed by atoms with Crippen LogP contribution in [0.5, 0.6) is 0 Å². The molecule has 1 atom stereocenters. The first-order valence-corrected chi connectivity index (χ1v) is 13.0. The van der Waals surface area contributed by atoms with Crippen LogP contribution in [0.25, 0.3) is 0 Å². The van der Waals surface area contributed by atoms with Crippen molar-refractivity contribution in [1.29, 1.82) is 0 Å². The van der Waals surface area contributed by atoms with Crippen molar-refractivity contribution in [3.8, 4) is 0 Å². The molecule has 0 aliphatic heterocycles. The summed E-state index contributed by atoms with van der Waals surface area (Å²) in [5.41, 5.74) is 1.34. The number of aryl methyl sites for hydroxylation is 2. The van der Waals surface area contributed by atoms with Gasteiger partial charge < -0.3 is 4.43 Å². The normalized spacial score (nSPS) is 13.1. The summed E-state index contributed by atoms with van der Waals surface area (Å²) in [4.78, 5) is 0. The van der Waals surface area contributed by atoms with E-state index in [0.717, 1.165) is 24.2 Å². The third-order valence-electron chi connectivity index (χ3n) is 5.47. The van der Waals surface area contributed by atoms with Crippen LogP contribution < -0.4 is 0 Å². The Bertz CT molecular complexity index is 768. The first kappa shape index (κ1) is 23.3. The van der Waals surface area contributed by atoms with E-state index in [0.29, 0.717) is 40.7 Å². The number of rotatable bonds is 10. The minimum Gasteiger partial charge on any atom is -0.410 e. The zero-order valence-electron chi connectivity index (χ0n) is 16.9. The first-order valence-electron chi connectivity index (χ1n) is 9.75. The quantitative estimate of drug-likeness (QED) is 0.362. The molecule has 3 nitrogen and oxygen atoms in total. The highest BCUT2D eigenvalue weighted by Gasteiger charge is 2.35. The molecule has 0 amide bonds. The maximum absolute atomic E-state index is 13.4. The Kier molecular flexibility index (Phi) is 8.49. The molecule has 0 fully saturated rings. The van der Waals surface area contributed by atoms with Crippen molar-refractivity contribution in [2.45, 2.75) is 64.3 Å². The fraction of sp³-hybridized carbons (Fsp3) is 0.550. The highest BCUT2D eigenvalue weighted by Crippen LogP contribution is 2.39. The molecule has 28 heavy (non-hydrogen) atoms. The molecule has 0 bridgehead atoms. The summed E-state index contributed by atoms with van der Waals surface area (Å²) in [6, 6.07) is 6.62. The van der Waals surface area contributed by atoms with Crippen molar-refractivity contribution in [3.05, 3.63) is 51.3 Å². The molecule has 0 radical (unpaired) electrons. The maximum atomic E-state index is 13.4. The minimum absolute atomic E-state index is 0.279. The summed E-state index contributed by atoms with van der Waals surface area (Å²) in [6.07, 6.45) is 1.61. The van der Waals surface area contributed by atoms with Crippen molar-refractivity contribution >= 4 is 31.5 Å². The van der Waals surface area contributed by atoms with Gasteiger partial charge in [-0.3, -0.25) is 4.68 Å². The van der Waals surface area contributed by atoms with Crippen LogP contribution in [0.2, 0.25) is 28.4 Å². The van der Waals surface area contributed by atoms with Gasteiger partial charge in [-0.1, -0.05) is 44.0 Å². The molecule has 8 heteroatoms. The van der Waals surface area contributed by atoms with Crippen molar-refractivity contribution in [3.63, 3.8) is 0 Å². The van der Waals surface area contributed by atoms with Gasteiger partial charge in [0.05, 0.1) is 11.7 Å². The molecule has 1 heterocycles. The first-order chi connectivity index (χ1) is 13.2. The second-order valence-corrected chi connectivity index (χ2v) is 12.6. The van der Waals surface area contributed by atoms with Crippen LogP contribution in [0.1, 0.15) is 50.8 Å². The summed E-state index contributed by atoms with van der Waals surface area (Å²) < 4.78 is 35.1. The van der Waals surface area contributed by atoms with E-state index in [-0.39, 0.29) is 6.10 Å². The van der Waals surface area contributed by atoms with E-state index in [2.05, 4.69) is 25.9 Å². The van der Waals surface area contributed by atoms with Gasteiger partial charge in [0.2, 0.25) is 0 Å². The largest absolute Gasteiger partial charge is 0.410 e. The number of halogens is 4.